The van der Waals surface area contributed by atoms with Gasteiger partial charge in [-0.1, -0.05) is 0 Å². The zero-order valence-corrected chi connectivity index (χ0v) is 15.2. The molecule has 2 aliphatic rings. The number of nitrogens with zero attached hydrogens (tertiary/aromatic N) is 1. The highest BCUT2D eigenvalue weighted by molar-refractivity contribution is 5.68. The Hall–Kier alpha value is -0.810. The molecule has 2 fully saturated rings. The summed E-state index contributed by atoms with van der Waals surface area (Å²) < 4.78 is 16.4. The fourth-order valence-corrected chi connectivity index (χ4v) is 3.66. The van der Waals surface area contributed by atoms with Crippen LogP contribution in [0.4, 0.5) is 4.79 Å². The summed E-state index contributed by atoms with van der Waals surface area (Å²) in [6.45, 7) is 8.77. The molecule has 0 aromatic carbocycles. The van der Waals surface area contributed by atoms with Crippen LogP contribution in [-0.2, 0) is 14.2 Å². The van der Waals surface area contributed by atoms with Crippen molar-refractivity contribution in [1.82, 2.24) is 4.90 Å². The van der Waals surface area contributed by atoms with Crippen LogP contribution in [0, 0.1) is 5.41 Å². The average molecular weight is 327 g/mol. The topological polar surface area (TPSA) is 48.0 Å². The molecule has 1 aliphatic heterocycles. The summed E-state index contributed by atoms with van der Waals surface area (Å²) in [5.41, 5.74) is 0.00342. The van der Waals surface area contributed by atoms with E-state index in [9.17, 15) is 4.79 Å². The molecule has 0 radical (unpaired) electrons. The number of rotatable bonds is 4. The molecular weight excluding hydrogens is 294 g/mol. The van der Waals surface area contributed by atoms with E-state index >= 15 is 0 Å². The number of carbonyl (C=O) groups excluding carboxylic acids is 1. The van der Waals surface area contributed by atoms with Crippen LogP contribution in [0.3, 0.4) is 0 Å². The van der Waals surface area contributed by atoms with E-state index in [-0.39, 0.29) is 6.09 Å². The number of carbonyl (C=O) groups is 1. The van der Waals surface area contributed by atoms with Gasteiger partial charge >= 0.3 is 6.09 Å². The highest BCUT2D eigenvalue weighted by atomic mass is 16.6. The Morgan fingerprint density at radius 1 is 1.09 bits per heavy atom. The van der Waals surface area contributed by atoms with Crippen molar-refractivity contribution in [2.24, 2.45) is 5.41 Å². The highest BCUT2D eigenvalue weighted by Gasteiger charge is 2.39. The molecule has 1 saturated heterocycles. The molecule has 1 saturated carbocycles. The first-order valence-corrected chi connectivity index (χ1v) is 8.92. The zero-order valence-electron chi connectivity index (χ0n) is 15.2. The van der Waals surface area contributed by atoms with E-state index in [1.54, 1.807) is 7.11 Å². The minimum Gasteiger partial charge on any atom is -0.444 e. The number of ether oxygens (including phenoxy) is 3. The lowest BCUT2D eigenvalue weighted by molar-refractivity contribution is -0.0401. The highest BCUT2D eigenvalue weighted by Crippen LogP contribution is 2.45. The van der Waals surface area contributed by atoms with E-state index < -0.39 is 5.60 Å². The van der Waals surface area contributed by atoms with Crippen molar-refractivity contribution in [1.29, 1.82) is 0 Å². The predicted molar refractivity (Wildman–Crippen MR) is 89.6 cm³/mol. The van der Waals surface area contributed by atoms with Gasteiger partial charge in [-0.3, -0.25) is 0 Å². The number of hydrogen-bond acceptors (Lipinski definition) is 4. The summed E-state index contributed by atoms with van der Waals surface area (Å²) >= 11 is 0. The van der Waals surface area contributed by atoms with Gasteiger partial charge in [0.15, 0.2) is 0 Å². The second kappa shape index (κ2) is 7.84. The normalized spacial score (nSPS) is 22.3. The second-order valence-corrected chi connectivity index (χ2v) is 8.03. The van der Waals surface area contributed by atoms with E-state index in [2.05, 4.69) is 0 Å². The smallest absolute Gasteiger partial charge is 0.410 e. The lowest BCUT2D eigenvalue weighted by Crippen LogP contribution is -2.46. The Bertz CT molecular complexity index is 373. The summed E-state index contributed by atoms with van der Waals surface area (Å²) in [7, 11) is 1.71. The van der Waals surface area contributed by atoms with E-state index in [0.29, 0.717) is 24.7 Å². The summed E-state index contributed by atoms with van der Waals surface area (Å²) in [4.78, 5) is 14.0. The molecule has 1 aliphatic carbocycles. The molecule has 23 heavy (non-hydrogen) atoms. The first kappa shape index (κ1) is 18.5. The van der Waals surface area contributed by atoms with Gasteiger partial charge in [-0.05, 0) is 64.7 Å². The fourth-order valence-electron chi connectivity index (χ4n) is 3.66. The third-order valence-corrected chi connectivity index (χ3v) is 5.11. The molecule has 2 rings (SSSR count). The lowest BCUT2D eigenvalue weighted by atomic mass is 9.67. The molecule has 1 spiro atoms. The molecule has 1 amide bonds. The third kappa shape index (κ3) is 5.64. The van der Waals surface area contributed by atoms with Crippen LogP contribution in [-0.4, -0.2) is 56.1 Å². The van der Waals surface area contributed by atoms with Crippen LogP contribution in [0.1, 0.15) is 59.3 Å². The molecule has 134 valence electrons. The van der Waals surface area contributed by atoms with Gasteiger partial charge in [0.25, 0.3) is 0 Å². The standard InChI is InChI=1S/C18H33NO4/c1-17(2,3)23-16(20)19-11-9-18(10-12-19)7-5-15(6-8-18)22-14-13-21-4/h15H,5-14H2,1-4H3. The van der Waals surface area contributed by atoms with Crippen molar-refractivity contribution in [3.63, 3.8) is 0 Å². The Kier molecular flexibility index (Phi) is 6.32. The molecule has 5 heteroatoms. The summed E-state index contributed by atoms with van der Waals surface area (Å²) in [6, 6.07) is 0. The zero-order chi connectivity index (χ0) is 16.9. The number of hydrogen-bond donors (Lipinski definition) is 0. The number of piperidine rings is 1. The Morgan fingerprint density at radius 2 is 1.70 bits per heavy atom. The summed E-state index contributed by atoms with van der Waals surface area (Å²) in [5.74, 6) is 0. The second-order valence-electron chi connectivity index (χ2n) is 8.03. The maximum absolute atomic E-state index is 12.2. The molecule has 1 heterocycles. The number of methoxy groups -OCH3 is 1. The van der Waals surface area contributed by atoms with Crippen molar-refractivity contribution in [3.05, 3.63) is 0 Å². The van der Waals surface area contributed by atoms with Gasteiger partial charge in [0.2, 0.25) is 0 Å². The molecular formula is C18H33NO4. The van der Waals surface area contributed by atoms with Gasteiger partial charge in [0.1, 0.15) is 5.60 Å². The van der Waals surface area contributed by atoms with Gasteiger partial charge in [-0.2, -0.15) is 0 Å². The molecule has 0 N–H and O–H groups in total. The van der Waals surface area contributed by atoms with Crippen LogP contribution in [0.25, 0.3) is 0 Å². The van der Waals surface area contributed by atoms with Crippen LogP contribution in [0.2, 0.25) is 0 Å². The van der Waals surface area contributed by atoms with Crippen molar-refractivity contribution < 1.29 is 19.0 Å². The molecule has 0 aromatic rings. The largest absolute Gasteiger partial charge is 0.444 e. The van der Waals surface area contributed by atoms with Crippen molar-refractivity contribution in [2.75, 3.05) is 33.4 Å². The van der Waals surface area contributed by atoms with Crippen LogP contribution in [0.15, 0.2) is 0 Å². The number of likely N-dealkylation sites (tertiary alicyclic amines) is 1. The summed E-state index contributed by atoms with van der Waals surface area (Å²) in [5, 5.41) is 0. The molecule has 0 aromatic heterocycles. The van der Waals surface area contributed by atoms with Crippen LogP contribution in [0.5, 0.6) is 0 Å². The first-order valence-electron chi connectivity index (χ1n) is 8.92. The maximum Gasteiger partial charge on any atom is 0.410 e. The monoisotopic (exact) mass is 327 g/mol. The lowest BCUT2D eigenvalue weighted by Gasteiger charge is -2.45. The Balaban J connectivity index is 1.73. The van der Waals surface area contributed by atoms with Gasteiger partial charge in [-0.25, -0.2) is 4.79 Å². The van der Waals surface area contributed by atoms with E-state index in [0.717, 1.165) is 38.8 Å². The van der Waals surface area contributed by atoms with Gasteiger partial charge in [0, 0.05) is 20.2 Å². The van der Waals surface area contributed by atoms with Gasteiger partial charge in [-0.15, -0.1) is 0 Å². The van der Waals surface area contributed by atoms with Crippen LogP contribution >= 0.6 is 0 Å². The Morgan fingerprint density at radius 3 is 2.22 bits per heavy atom. The minimum atomic E-state index is -0.413. The van der Waals surface area contributed by atoms with E-state index in [1.165, 1.54) is 12.8 Å². The Labute approximate surface area is 140 Å². The van der Waals surface area contributed by atoms with Gasteiger partial charge in [0.05, 0.1) is 19.3 Å². The quantitative estimate of drug-likeness (QED) is 0.740. The first-order chi connectivity index (χ1) is 10.8. The third-order valence-electron chi connectivity index (χ3n) is 5.11. The molecule has 0 atom stereocenters. The van der Waals surface area contributed by atoms with Crippen molar-refractivity contribution in [3.8, 4) is 0 Å². The SMILES string of the molecule is COCCOC1CCC2(CC1)CCN(C(=O)OC(C)(C)C)CC2. The van der Waals surface area contributed by atoms with Gasteiger partial charge < -0.3 is 19.1 Å². The van der Waals surface area contributed by atoms with Crippen LogP contribution < -0.4 is 0 Å². The average Bonchev–Trinajstić information content (AvgIpc) is 2.49. The minimum absolute atomic E-state index is 0.163. The maximum atomic E-state index is 12.2. The summed E-state index contributed by atoms with van der Waals surface area (Å²) in [6.07, 6.45) is 7.11. The molecule has 0 unspecified atom stereocenters. The van der Waals surface area contributed by atoms with E-state index in [4.69, 9.17) is 14.2 Å². The van der Waals surface area contributed by atoms with Crippen molar-refractivity contribution >= 4 is 6.09 Å². The fraction of sp³-hybridized carbons (Fsp3) is 0.944. The molecule has 0 bridgehead atoms. The van der Waals surface area contributed by atoms with Crippen molar-refractivity contribution in [2.45, 2.75) is 71.0 Å². The van der Waals surface area contributed by atoms with E-state index in [1.807, 2.05) is 25.7 Å². The molecule has 5 nitrogen and oxygen atoms in total. The predicted octanol–water partition coefficient (Wildman–Crippen LogP) is 3.61. The number of amides is 1.